The average molecular weight is 284 g/mol. The Morgan fingerprint density at radius 1 is 1.14 bits per heavy atom. The van der Waals surface area contributed by atoms with Crippen molar-refractivity contribution in [3.63, 3.8) is 0 Å². The molecular weight excluding hydrogens is 268 g/mol. The highest BCUT2D eigenvalue weighted by atomic mass is 16.4. The number of benzene rings is 1. The van der Waals surface area contributed by atoms with Crippen LogP contribution in [0.4, 0.5) is 5.69 Å². The van der Waals surface area contributed by atoms with Crippen LogP contribution in [0.2, 0.25) is 0 Å². The fourth-order valence-corrected chi connectivity index (χ4v) is 1.93. The third-order valence-corrected chi connectivity index (χ3v) is 3.20. The molecule has 2 aromatic rings. The molecule has 1 amide bonds. The van der Waals surface area contributed by atoms with Gasteiger partial charge >= 0.3 is 5.97 Å². The van der Waals surface area contributed by atoms with Crippen molar-refractivity contribution in [2.45, 2.75) is 20.3 Å². The van der Waals surface area contributed by atoms with Gasteiger partial charge in [0, 0.05) is 11.9 Å². The monoisotopic (exact) mass is 284 g/mol. The van der Waals surface area contributed by atoms with Crippen molar-refractivity contribution in [2.75, 3.05) is 5.32 Å². The zero-order chi connectivity index (χ0) is 15.4. The molecule has 0 fully saturated rings. The second kappa shape index (κ2) is 6.17. The number of amides is 1. The molecule has 1 heterocycles. The van der Waals surface area contributed by atoms with Gasteiger partial charge in [0.25, 0.3) is 0 Å². The van der Waals surface area contributed by atoms with Crippen molar-refractivity contribution in [1.82, 2.24) is 4.98 Å². The number of carboxylic acid groups (broad SMARTS) is 1. The lowest BCUT2D eigenvalue weighted by molar-refractivity contribution is -0.115. The van der Waals surface area contributed by atoms with Gasteiger partial charge in [-0.3, -0.25) is 4.79 Å². The number of carbonyl (C=O) groups excluding carboxylic acids is 1. The highest BCUT2D eigenvalue weighted by Gasteiger charge is 2.08. The number of aromatic carboxylic acids is 1. The summed E-state index contributed by atoms with van der Waals surface area (Å²) in [5.74, 6) is -1.32. The van der Waals surface area contributed by atoms with Gasteiger partial charge in [0.2, 0.25) is 5.91 Å². The van der Waals surface area contributed by atoms with Gasteiger partial charge in [0.1, 0.15) is 5.69 Å². The summed E-state index contributed by atoms with van der Waals surface area (Å²) < 4.78 is 0. The summed E-state index contributed by atoms with van der Waals surface area (Å²) in [6.07, 6.45) is 1.60. The number of carboxylic acids is 1. The predicted octanol–water partition coefficient (Wildman–Crippen LogP) is 2.58. The first kappa shape index (κ1) is 14.7. The first-order valence-electron chi connectivity index (χ1n) is 6.51. The number of rotatable bonds is 4. The molecule has 0 atom stereocenters. The molecule has 0 spiro atoms. The second-order valence-electron chi connectivity index (χ2n) is 4.88. The van der Waals surface area contributed by atoms with Crippen molar-refractivity contribution in [3.05, 3.63) is 58.9 Å². The molecule has 0 radical (unpaired) electrons. The molecule has 2 rings (SSSR count). The molecule has 0 saturated heterocycles. The van der Waals surface area contributed by atoms with E-state index in [1.54, 1.807) is 6.07 Å². The zero-order valence-corrected chi connectivity index (χ0v) is 11.9. The van der Waals surface area contributed by atoms with Crippen LogP contribution in [0.5, 0.6) is 0 Å². The zero-order valence-electron chi connectivity index (χ0n) is 11.9. The summed E-state index contributed by atoms with van der Waals surface area (Å²) in [7, 11) is 0. The minimum absolute atomic E-state index is 0.0982. The Balaban J connectivity index is 2.06. The van der Waals surface area contributed by atoms with Gasteiger partial charge in [-0.2, -0.15) is 0 Å². The molecular formula is C16H16N2O3. The van der Waals surface area contributed by atoms with Gasteiger partial charge in [0.15, 0.2) is 0 Å². The van der Waals surface area contributed by atoms with Crippen molar-refractivity contribution in [2.24, 2.45) is 0 Å². The van der Waals surface area contributed by atoms with E-state index < -0.39 is 5.97 Å². The number of nitrogens with one attached hydrogen (secondary N) is 1. The number of pyridine rings is 1. The van der Waals surface area contributed by atoms with E-state index in [4.69, 9.17) is 5.11 Å². The van der Waals surface area contributed by atoms with E-state index in [2.05, 4.69) is 10.3 Å². The molecule has 1 aromatic heterocycles. The fraction of sp³-hybridized carbons (Fsp3) is 0.188. The van der Waals surface area contributed by atoms with E-state index in [1.807, 2.05) is 32.0 Å². The number of carbonyl (C=O) groups is 2. The number of aromatic nitrogens is 1. The average Bonchev–Trinajstić information content (AvgIpc) is 2.43. The molecule has 21 heavy (non-hydrogen) atoms. The molecule has 5 nitrogen and oxygen atoms in total. The van der Waals surface area contributed by atoms with Gasteiger partial charge in [-0.25, -0.2) is 9.78 Å². The van der Waals surface area contributed by atoms with Gasteiger partial charge in [-0.15, -0.1) is 0 Å². The molecule has 0 saturated carbocycles. The van der Waals surface area contributed by atoms with Crippen LogP contribution in [-0.4, -0.2) is 22.0 Å². The first-order valence-corrected chi connectivity index (χ1v) is 6.51. The molecule has 5 heteroatoms. The van der Waals surface area contributed by atoms with Crippen LogP contribution in [-0.2, 0) is 11.2 Å². The maximum absolute atomic E-state index is 12.0. The van der Waals surface area contributed by atoms with E-state index in [9.17, 15) is 9.59 Å². The fourth-order valence-electron chi connectivity index (χ4n) is 1.93. The third-order valence-electron chi connectivity index (χ3n) is 3.20. The van der Waals surface area contributed by atoms with Gasteiger partial charge < -0.3 is 10.4 Å². The van der Waals surface area contributed by atoms with Crippen LogP contribution < -0.4 is 5.32 Å². The quantitative estimate of drug-likeness (QED) is 0.904. The number of anilines is 1. The molecule has 2 N–H and O–H groups in total. The van der Waals surface area contributed by atoms with Crippen molar-refractivity contribution in [1.29, 1.82) is 0 Å². The molecule has 0 aliphatic heterocycles. The molecule has 0 unspecified atom stereocenters. The Labute approximate surface area is 122 Å². The van der Waals surface area contributed by atoms with E-state index in [0.717, 1.165) is 11.1 Å². The third kappa shape index (κ3) is 3.89. The minimum atomic E-state index is -1.12. The predicted molar refractivity (Wildman–Crippen MR) is 79.4 cm³/mol. The Bertz CT molecular complexity index is 696. The normalized spacial score (nSPS) is 10.2. The molecule has 1 aromatic carbocycles. The van der Waals surface area contributed by atoms with Crippen LogP contribution in [0.1, 0.15) is 27.2 Å². The summed E-state index contributed by atoms with van der Waals surface area (Å²) in [6.45, 7) is 4.02. The van der Waals surface area contributed by atoms with Crippen LogP contribution >= 0.6 is 0 Å². The number of aryl methyl sites for hydroxylation is 2. The maximum Gasteiger partial charge on any atom is 0.354 e. The summed E-state index contributed by atoms with van der Waals surface area (Å²) in [6, 6.07) is 8.76. The van der Waals surface area contributed by atoms with Crippen LogP contribution in [0.3, 0.4) is 0 Å². The Kier molecular flexibility index (Phi) is 4.33. The molecule has 0 aliphatic rings. The lowest BCUT2D eigenvalue weighted by Crippen LogP contribution is -2.15. The summed E-state index contributed by atoms with van der Waals surface area (Å²) in [4.78, 5) is 26.5. The van der Waals surface area contributed by atoms with Gasteiger partial charge in [-0.05, 0) is 42.7 Å². The Morgan fingerprint density at radius 2 is 1.90 bits per heavy atom. The van der Waals surface area contributed by atoms with E-state index in [0.29, 0.717) is 5.69 Å². The Morgan fingerprint density at radius 3 is 2.57 bits per heavy atom. The number of nitrogens with zero attached hydrogens (tertiary/aromatic N) is 1. The summed E-state index contributed by atoms with van der Waals surface area (Å²) in [5, 5.41) is 11.5. The maximum atomic E-state index is 12.0. The highest BCUT2D eigenvalue weighted by molar-refractivity contribution is 5.94. The molecule has 108 valence electrons. The van der Waals surface area contributed by atoms with Crippen LogP contribution in [0.15, 0.2) is 36.5 Å². The standard InChI is InChI=1S/C16H16N2O3/c1-10-3-4-12(7-11(10)2)8-15(19)18-13-5-6-17-14(9-13)16(20)21/h3-7,9H,8H2,1-2H3,(H,20,21)(H,17,18,19). The SMILES string of the molecule is Cc1ccc(CC(=O)Nc2ccnc(C(=O)O)c2)cc1C. The lowest BCUT2D eigenvalue weighted by Gasteiger charge is -2.07. The van der Waals surface area contributed by atoms with Crippen molar-refractivity contribution in [3.8, 4) is 0 Å². The molecule has 0 aliphatic carbocycles. The number of hydrogen-bond donors (Lipinski definition) is 2. The highest BCUT2D eigenvalue weighted by Crippen LogP contribution is 2.12. The minimum Gasteiger partial charge on any atom is -0.477 e. The Hall–Kier alpha value is -2.69. The van der Waals surface area contributed by atoms with E-state index >= 15 is 0 Å². The largest absolute Gasteiger partial charge is 0.477 e. The number of hydrogen-bond acceptors (Lipinski definition) is 3. The van der Waals surface area contributed by atoms with E-state index in [1.165, 1.54) is 17.8 Å². The second-order valence-corrected chi connectivity index (χ2v) is 4.88. The smallest absolute Gasteiger partial charge is 0.354 e. The summed E-state index contributed by atoms with van der Waals surface area (Å²) >= 11 is 0. The molecule has 0 bridgehead atoms. The lowest BCUT2D eigenvalue weighted by atomic mass is 10.0. The van der Waals surface area contributed by atoms with Gasteiger partial charge in [-0.1, -0.05) is 18.2 Å². The van der Waals surface area contributed by atoms with Gasteiger partial charge in [0.05, 0.1) is 6.42 Å². The summed E-state index contributed by atoms with van der Waals surface area (Å²) in [5.41, 5.74) is 3.56. The first-order chi connectivity index (χ1) is 9.95. The van der Waals surface area contributed by atoms with Crippen LogP contribution in [0, 0.1) is 13.8 Å². The topological polar surface area (TPSA) is 79.3 Å². The van der Waals surface area contributed by atoms with Crippen molar-refractivity contribution >= 4 is 17.6 Å². The van der Waals surface area contributed by atoms with Crippen molar-refractivity contribution < 1.29 is 14.7 Å². The van der Waals surface area contributed by atoms with Crippen LogP contribution in [0.25, 0.3) is 0 Å². The van der Waals surface area contributed by atoms with E-state index in [-0.39, 0.29) is 18.0 Å².